The van der Waals surface area contributed by atoms with E-state index in [9.17, 15) is 0 Å². The van der Waals surface area contributed by atoms with Crippen molar-refractivity contribution in [1.82, 2.24) is 0 Å². The molecule has 0 aliphatic heterocycles. The average Bonchev–Trinajstić information content (AvgIpc) is 3.27. The van der Waals surface area contributed by atoms with Crippen molar-refractivity contribution in [2.45, 2.75) is 19.3 Å². The second kappa shape index (κ2) is 9.46. The Morgan fingerprint density at radius 3 is 1.88 bits per heavy atom. The number of rotatable bonds is 4. The normalized spacial score (nSPS) is 13.2. The van der Waals surface area contributed by atoms with Crippen molar-refractivity contribution in [2.75, 3.05) is 4.90 Å². The van der Waals surface area contributed by atoms with Crippen LogP contribution in [0.25, 0.3) is 43.8 Å². The Labute approximate surface area is 247 Å². The van der Waals surface area contributed by atoms with Crippen molar-refractivity contribution in [2.24, 2.45) is 0 Å². The third kappa shape index (κ3) is 3.71. The molecule has 0 fully saturated rings. The Kier molecular flexibility index (Phi) is 5.55. The summed E-state index contributed by atoms with van der Waals surface area (Å²) in [6.07, 6.45) is 0. The Bertz CT molecular complexity index is 2110. The van der Waals surface area contributed by atoms with E-state index in [-0.39, 0.29) is 5.41 Å². The van der Waals surface area contributed by atoms with Crippen molar-refractivity contribution in [3.63, 3.8) is 0 Å². The van der Waals surface area contributed by atoms with E-state index in [0.717, 1.165) is 11.4 Å². The van der Waals surface area contributed by atoms with E-state index < -0.39 is 0 Å². The summed E-state index contributed by atoms with van der Waals surface area (Å²) in [5.74, 6) is 0. The van der Waals surface area contributed by atoms with E-state index in [1.807, 2.05) is 0 Å². The fraction of sp³-hybridized carbons (Fsp3) is 0.0732. The largest absolute Gasteiger partial charge is 0.310 e. The molecule has 0 radical (unpaired) electrons. The van der Waals surface area contributed by atoms with Gasteiger partial charge in [-0.05, 0) is 79.7 Å². The van der Waals surface area contributed by atoms with E-state index in [4.69, 9.17) is 0 Å². The number of nitrogens with zero attached hydrogens (tertiary/aromatic N) is 1. The lowest BCUT2D eigenvalue weighted by Crippen LogP contribution is -2.15. The van der Waals surface area contributed by atoms with Gasteiger partial charge in [-0.1, -0.05) is 135 Å². The molecular formula is C41H31N. The highest BCUT2D eigenvalue weighted by Crippen LogP contribution is 2.52. The van der Waals surface area contributed by atoms with Gasteiger partial charge >= 0.3 is 0 Å². The molecule has 0 aromatic heterocycles. The van der Waals surface area contributed by atoms with E-state index in [1.165, 1.54) is 60.6 Å². The van der Waals surface area contributed by atoms with E-state index >= 15 is 0 Å². The molecule has 1 nitrogen and oxygen atoms in total. The number of para-hydroxylation sites is 1. The predicted octanol–water partition coefficient (Wildman–Crippen LogP) is 11.4. The molecule has 0 saturated heterocycles. The molecule has 0 heterocycles. The molecule has 1 heteroatoms. The number of fused-ring (bicyclic) bond motifs is 5. The number of hydrogen-bond donors (Lipinski definition) is 0. The van der Waals surface area contributed by atoms with Gasteiger partial charge in [0.15, 0.2) is 0 Å². The van der Waals surface area contributed by atoms with Crippen LogP contribution in [0.15, 0.2) is 152 Å². The lowest BCUT2D eigenvalue weighted by atomic mass is 9.82. The summed E-state index contributed by atoms with van der Waals surface area (Å²) in [6.45, 7) is 4.68. The number of hydrogen-bond acceptors (Lipinski definition) is 1. The Morgan fingerprint density at radius 2 is 1.05 bits per heavy atom. The van der Waals surface area contributed by atoms with Crippen LogP contribution in [0.3, 0.4) is 0 Å². The molecule has 0 saturated carbocycles. The maximum absolute atomic E-state index is 2.44. The monoisotopic (exact) mass is 537 g/mol. The zero-order valence-electron chi connectivity index (χ0n) is 23.9. The van der Waals surface area contributed by atoms with Gasteiger partial charge in [0.05, 0.1) is 5.69 Å². The third-order valence-electron chi connectivity index (χ3n) is 9.05. The lowest BCUT2D eigenvalue weighted by Gasteiger charge is -2.30. The predicted molar refractivity (Wildman–Crippen MR) is 179 cm³/mol. The van der Waals surface area contributed by atoms with Crippen LogP contribution in [0.1, 0.15) is 25.0 Å². The van der Waals surface area contributed by atoms with Gasteiger partial charge in [0.2, 0.25) is 0 Å². The summed E-state index contributed by atoms with van der Waals surface area (Å²) in [5.41, 5.74) is 11.4. The molecule has 42 heavy (non-hydrogen) atoms. The van der Waals surface area contributed by atoms with Crippen molar-refractivity contribution in [1.29, 1.82) is 0 Å². The highest BCUT2D eigenvalue weighted by Gasteiger charge is 2.35. The summed E-state index contributed by atoms with van der Waals surface area (Å²) in [4.78, 5) is 2.44. The first-order valence-electron chi connectivity index (χ1n) is 14.7. The van der Waals surface area contributed by atoms with Crippen LogP contribution in [0.2, 0.25) is 0 Å². The van der Waals surface area contributed by atoms with Crippen LogP contribution >= 0.6 is 0 Å². The quantitative estimate of drug-likeness (QED) is 0.216. The van der Waals surface area contributed by atoms with Crippen LogP contribution < -0.4 is 4.90 Å². The Balaban J connectivity index is 1.44. The van der Waals surface area contributed by atoms with Crippen LogP contribution in [0.4, 0.5) is 17.1 Å². The van der Waals surface area contributed by atoms with Crippen molar-refractivity contribution in [3.8, 4) is 22.3 Å². The van der Waals surface area contributed by atoms with Gasteiger partial charge in [0, 0.05) is 22.4 Å². The smallest absolute Gasteiger partial charge is 0.0546 e. The van der Waals surface area contributed by atoms with E-state index in [2.05, 4.69) is 170 Å². The molecule has 1 aliphatic rings. The topological polar surface area (TPSA) is 3.24 Å². The fourth-order valence-corrected chi connectivity index (χ4v) is 7.02. The second-order valence-electron chi connectivity index (χ2n) is 11.8. The zero-order valence-corrected chi connectivity index (χ0v) is 23.9. The summed E-state index contributed by atoms with van der Waals surface area (Å²) >= 11 is 0. The molecule has 0 unspecified atom stereocenters. The van der Waals surface area contributed by atoms with E-state index in [0.29, 0.717) is 0 Å². The van der Waals surface area contributed by atoms with Gasteiger partial charge in [0.1, 0.15) is 0 Å². The van der Waals surface area contributed by atoms with Crippen molar-refractivity contribution in [3.05, 3.63) is 163 Å². The first-order chi connectivity index (χ1) is 20.6. The third-order valence-corrected chi connectivity index (χ3v) is 9.05. The minimum atomic E-state index is -0.0287. The van der Waals surface area contributed by atoms with Crippen molar-refractivity contribution >= 4 is 38.6 Å². The first-order valence-corrected chi connectivity index (χ1v) is 14.7. The van der Waals surface area contributed by atoms with Gasteiger partial charge in [-0.15, -0.1) is 0 Å². The van der Waals surface area contributed by atoms with Gasteiger partial charge in [-0.3, -0.25) is 0 Å². The molecule has 200 valence electrons. The molecule has 0 atom stereocenters. The molecule has 0 bridgehead atoms. The Hall–Kier alpha value is -5.14. The molecule has 0 N–H and O–H groups in total. The van der Waals surface area contributed by atoms with Crippen molar-refractivity contribution < 1.29 is 0 Å². The number of anilines is 3. The summed E-state index contributed by atoms with van der Waals surface area (Å²) in [6, 6.07) is 55.4. The highest BCUT2D eigenvalue weighted by atomic mass is 15.1. The summed E-state index contributed by atoms with van der Waals surface area (Å²) in [7, 11) is 0. The van der Waals surface area contributed by atoms with Gasteiger partial charge < -0.3 is 4.90 Å². The molecule has 1 aliphatic carbocycles. The molecule has 0 amide bonds. The molecule has 7 aromatic rings. The summed E-state index contributed by atoms with van der Waals surface area (Å²) in [5, 5.41) is 4.99. The van der Waals surface area contributed by atoms with Crippen LogP contribution in [0.5, 0.6) is 0 Å². The lowest BCUT2D eigenvalue weighted by molar-refractivity contribution is 0.660. The second-order valence-corrected chi connectivity index (χ2v) is 11.8. The first kappa shape index (κ1) is 24.6. The minimum absolute atomic E-state index is 0.0287. The maximum Gasteiger partial charge on any atom is 0.0546 e. The standard InChI is InChI=1S/C41H31N/c1-41(2)37-22-11-10-20-34(37)36-27-31(24-25-38(36)41)42(30-16-4-3-5-17-30)39-26-23-29-14-7-9-19-33(29)40(39)35-21-12-15-28-13-6-8-18-32(28)35/h3-27H,1-2H3. The van der Waals surface area contributed by atoms with Gasteiger partial charge in [-0.2, -0.15) is 0 Å². The number of benzene rings is 7. The molecule has 0 spiro atoms. The SMILES string of the molecule is CC1(C)c2ccccc2-c2cc(N(c3ccccc3)c3ccc4ccccc4c3-c3cccc4ccccc34)ccc21. The summed E-state index contributed by atoms with van der Waals surface area (Å²) < 4.78 is 0. The van der Waals surface area contributed by atoms with Crippen LogP contribution in [0, 0.1) is 0 Å². The minimum Gasteiger partial charge on any atom is -0.310 e. The van der Waals surface area contributed by atoms with Crippen LogP contribution in [-0.2, 0) is 5.41 Å². The molecule has 8 rings (SSSR count). The van der Waals surface area contributed by atoms with Gasteiger partial charge in [-0.25, -0.2) is 0 Å². The Morgan fingerprint density at radius 1 is 0.429 bits per heavy atom. The van der Waals surface area contributed by atoms with E-state index in [1.54, 1.807) is 0 Å². The molecular weight excluding hydrogens is 506 g/mol. The molecule has 7 aromatic carbocycles. The fourth-order valence-electron chi connectivity index (χ4n) is 7.02. The van der Waals surface area contributed by atoms with Crippen LogP contribution in [-0.4, -0.2) is 0 Å². The average molecular weight is 538 g/mol. The van der Waals surface area contributed by atoms with Gasteiger partial charge in [0.25, 0.3) is 0 Å². The zero-order chi connectivity index (χ0) is 28.3. The maximum atomic E-state index is 2.44. The highest BCUT2D eigenvalue weighted by molar-refractivity contribution is 6.11.